The van der Waals surface area contributed by atoms with Gasteiger partial charge in [0.05, 0.1) is 37.2 Å². The number of aliphatic hydroxyl groups is 1. The molecule has 2 heterocycles. The van der Waals surface area contributed by atoms with E-state index in [1.165, 1.54) is 12.0 Å². The fourth-order valence-electron chi connectivity index (χ4n) is 2.86. The molecule has 0 saturated carbocycles. The van der Waals surface area contributed by atoms with E-state index in [0.717, 1.165) is 5.46 Å². The van der Waals surface area contributed by atoms with Gasteiger partial charge in [0, 0.05) is 0 Å². The topological polar surface area (TPSA) is 77.5 Å². The monoisotopic (exact) mass is 349 g/mol. The minimum absolute atomic E-state index is 0.212. The van der Waals surface area contributed by atoms with Crippen molar-refractivity contribution in [2.45, 2.75) is 45.0 Å². The molecule has 2 saturated heterocycles. The Morgan fingerprint density at radius 1 is 1.28 bits per heavy atom. The summed E-state index contributed by atoms with van der Waals surface area (Å²) in [7, 11) is 1.03. The van der Waals surface area contributed by atoms with Gasteiger partial charge in [-0.1, -0.05) is 6.07 Å². The van der Waals surface area contributed by atoms with E-state index in [4.69, 9.17) is 18.8 Å². The van der Waals surface area contributed by atoms with Crippen molar-refractivity contribution in [2.24, 2.45) is 0 Å². The fraction of sp³-hybridized carbons (Fsp3) is 0.588. The third-order valence-electron chi connectivity index (χ3n) is 5.10. The molecule has 0 radical (unpaired) electrons. The van der Waals surface area contributed by atoms with E-state index in [1.807, 2.05) is 33.8 Å². The summed E-state index contributed by atoms with van der Waals surface area (Å²) in [5.41, 5.74) is 0.530. The molecule has 0 aliphatic carbocycles. The summed E-state index contributed by atoms with van der Waals surface area (Å²) in [6.45, 7) is 8.04. The largest absolute Gasteiger partial charge is 0.495 e. The van der Waals surface area contributed by atoms with Crippen LogP contribution in [0.2, 0.25) is 0 Å². The molecule has 2 aliphatic heterocycles. The van der Waals surface area contributed by atoms with E-state index < -0.39 is 30.5 Å². The van der Waals surface area contributed by atoms with Gasteiger partial charge in [-0.2, -0.15) is 0 Å². The number of methoxy groups -OCH3 is 1. The highest BCUT2D eigenvalue weighted by molar-refractivity contribution is 6.62. The molecule has 0 spiro atoms. The molecule has 1 N–H and O–H groups in total. The molecular formula is C17H24BNO6. The van der Waals surface area contributed by atoms with Crippen LogP contribution in [-0.2, 0) is 14.0 Å². The molecule has 1 aromatic rings. The van der Waals surface area contributed by atoms with Crippen LogP contribution in [0.3, 0.4) is 0 Å². The first-order chi connectivity index (χ1) is 11.7. The van der Waals surface area contributed by atoms with Crippen LogP contribution in [0.1, 0.15) is 27.7 Å². The van der Waals surface area contributed by atoms with Crippen LogP contribution >= 0.6 is 0 Å². The minimum atomic E-state index is -0.528. The van der Waals surface area contributed by atoms with Crippen LogP contribution in [0, 0.1) is 0 Å². The van der Waals surface area contributed by atoms with Gasteiger partial charge in [0.2, 0.25) is 0 Å². The zero-order valence-corrected chi connectivity index (χ0v) is 15.2. The number of carbonyl (C=O) groups excluding carboxylic acids is 1. The van der Waals surface area contributed by atoms with Gasteiger partial charge in [0.15, 0.2) is 0 Å². The number of ether oxygens (including phenoxy) is 2. The predicted octanol–water partition coefficient (Wildman–Crippen LogP) is 1.31. The molecule has 3 rings (SSSR count). The lowest BCUT2D eigenvalue weighted by Crippen LogP contribution is -2.41. The Kier molecular flexibility index (Phi) is 4.47. The van der Waals surface area contributed by atoms with Crippen LogP contribution in [0.4, 0.5) is 10.5 Å². The lowest BCUT2D eigenvalue weighted by molar-refractivity contribution is 0.00578. The molecule has 2 aliphatic rings. The van der Waals surface area contributed by atoms with E-state index in [9.17, 15) is 9.90 Å². The number of carbonyl (C=O) groups is 1. The summed E-state index contributed by atoms with van der Waals surface area (Å²) in [6.07, 6.45) is -1.03. The molecule has 2 fully saturated rings. The molecule has 1 amide bonds. The maximum atomic E-state index is 12.0. The second kappa shape index (κ2) is 6.19. The number of hydrogen-bond acceptors (Lipinski definition) is 6. The zero-order valence-electron chi connectivity index (χ0n) is 15.2. The third-order valence-corrected chi connectivity index (χ3v) is 5.10. The summed E-state index contributed by atoms with van der Waals surface area (Å²) in [4.78, 5) is 13.5. The highest BCUT2D eigenvalue weighted by Gasteiger charge is 2.51. The molecule has 8 heteroatoms. The summed E-state index contributed by atoms with van der Waals surface area (Å²) < 4.78 is 22.7. The molecule has 0 aromatic heterocycles. The number of amides is 1. The second-order valence-corrected chi connectivity index (χ2v) is 7.32. The van der Waals surface area contributed by atoms with Crippen molar-refractivity contribution in [3.8, 4) is 5.75 Å². The highest BCUT2D eigenvalue weighted by atomic mass is 16.7. The second-order valence-electron chi connectivity index (χ2n) is 7.32. The van der Waals surface area contributed by atoms with Crippen molar-refractivity contribution in [3.05, 3.63) is 18.2 Å². The molecule has 0 bridgehead atoms. The van der Waals surface area contributed by atoms with Crippen molar-refractivity contribution in [1.82, 2.24) is 0 Å². The third kappa shape index (κ3) is 3.10. The SMILES string of the molecule is COc1cc(B2OC(C)(C)C(C)(C)O2)ccc1N1CC(CO)OC1=O. The van der Waals surface area contributed by atoms with Crippen molar-refractivity contribution in [1.29, 1.82) is 0 Å². The standard InChI is InChI=1S/C17H24BNO6/c1-16(2)17(3,4)25-18(24-16)11-6-7-13(14(8-11)22-5)19-9-12(10-20)23-15(19)21/h6-8,12,20H,9-10H2,1-5H3. The van der Waals surface area contributed by atoms with Gasteiger partial charge in [-0.25, -0.2) is 4.79 Å². The van der Waals surface area contributed by atoms with Crippen LogP contribution < -0.4 is 15.1 Å². The van der Waals surface area contributed by atoms with Crippen molar-refractivity contribution >= 4 is 24.4 Å². The lowest BCUT2D eigenvalue weighted by atomic mass is 9.79. The summed E-state index contributed by atoms with van der Waals surface area (Å²) in [5, 5.41) is 9.19. The summed E-state index contributed by atoms with van der Waals surface area (Å²) >= 11 is 0. The quantitative estimate of drug-likeness (QED) is 0.826. The van der Waals surface area contributed by atoms with Gasteiger partial charge in [-0.3, -0.25) is 4.90 Å². The lowest BCUT2D eigenvalue weighted by Gasteiger charge is -2.32. The number of hydrogen-bond donors (Lipinski definition) is 1. The van der Waals surface area contributed by atoms with Gasteiger partial charge in [0.25, 0.3) is 0 Å². The van der Waals surface area contributed by atoms with Crippen molar-refractivity contribution < 1.29 is 28.7 Å². The van der Waals surface area contributed by atoms with Crippen molar-refractivity contribution in [3.63, 3.8) is 0 Å². The Bertz CT molecular complexity index is 661. The average Bonchev–Trinajstić information content (AvgIpc) is 3.03. The smallest absolute Gasteiger partial charge is 0.494 e. The van der Waals surface area contributed by atoms with Gasteiger partial charge in [-0.15, -0.1) is 0 Å². The zero-order chi connectivity index (χ0) is 18.4. The normalized spacial score (nSPS) is 24.6. The Morgan fingerprint density at radius 3 is 2.44 bits per heavy atom. The Balaban J connectivity index is 1.87. The molecular weight excluding hydrogens is 325 g/mol. The van der Waals surface area contributed by atoms with Gasteiger partial charge in [-0.05, 0) is 45.3 Å². The van der Waals surface area contributed by atoms with Crippen LogP contribution in [0.25, 0.3) is 0 Å². The van der Waals surface area contributed by atoms with E-state index in [1.54, 1.807) is 12.1 Å². The van der Waals surface area contributed by atoms with Crippen molar-refractivity contribution in [2.75, 3.05) is 25.2 Å². The van der Waals surface area contributed by atoms with Gasteiger partial charge >= 0.3 is 13.2 Å². The summed E-state index contributed by atoms with van der Waals surface area (Å²) in [6, 6.07) is 5.43. The predicted molar refractivity (Wildman–Crippen MR) is 93.4 cm³/mol. The Morgan fingerprint density at radius 2 is 1.92 bits per heavy atom. The van der Waals surface area contributed by atoms with Crippen LogP contribution in [-0.4, -0.2) is 55.9 Å². The first kappa shape index (κ1) is 18.0. The molecule has 136 valence electrons. The Labute approximate surface area is 147 Å². The first-order valence-corrected chi connectivity index (χ1v) is 8.31. The van der Waals surface area contributed by atoms with E-state index in [-0.39, 0.29) is 13.2 Å². The van der Waals surface area contributed by atoms with E-state index in [0.29, 0.717) is 11.4 Å². The summed E-state index contributed by atoms with van der Waals surface area (Å²) in [5.74, 6) is 0.516. The number of aliphatic hydroxyl groups excluding tert-OH is 1. The fourth-order valence-corrected chi connectivity index (χ4v) is 2.86. The van der Waals surface area contributed by atoms with E-state index in [2.05, 4.69) is 0 Å². The average molecular weight is 349 g/mol. The van der Waals surface area contributed by atoms with E-state index >= 15 is 0 Å². The Hall–Kier alpha value is -1.77. The maximum absolute atomic E-state index is 12.0. The minimum Gasteiger partial charge on any atom is -0.495 e. The molecule has 1 atom stereocenters. The molecule has 1 unspecified atom stereocenters. The number of cyclic esters (lactones) is 1. The van der Waals surface area contributed by atoms with Crippen LogP contribution in [0.15, 0.2) is 18.2 Å². The number of nitrogens with zero attached hydrogens (tertiary/aromatic N) is 1. The van der Waals surface area contributed by atoms with Gasteiger partial charge < -0.3 is 23.9 Å². The number of benzene rings is 1. The first-order valence-electron chi connectivity index (χ1n) is 8.31. The maximum Gasteiger partial charge on any atom is 0.494 e. The number of anilines is 1. The molecule has 25 heavy (non-hydrogen) atoms. The highest BCUT2D eigenvalue weighted by Crippen LogP contribution is 2.37. The van der Waals surface area contributed by atoms with Crippen LogP contribution in [0.5, 0.6) is 5.75 Å². The molecule has 1 aromatic carbocycles. The van der Waals surface area contributed by atoms with Gasteiger partial charge in [0.1, 0.15) is 11.9 Å². The number of rotatable bonds is 4. The molecule has 7 nitrogen and oxygen atoms in total.